The summed E-state index contributed by atoms with van der Waals surface area (Å²) in [5, 5.41) is 9.03. The molecule has 0 fully saturated rings. The smallest absolute Gasteiger partial charge is 0.323 e. The maximum Gasteiger partial charge on any atom is 0.323 e. The second kappa shape index (κ2) is 7.41. The van der Waals surface area contributed by atoms with Gasteiger partial charge in [0.2, 0.25) is 0 Å². The van der Waals surface area contributed by atoms with E-state index in [0.717, 1.165) is 11.1 Å². The monoisotopic (exact) mass is 297 g/mol. The highest BCUT2D eigenvalue weighted by molar-refractivity contribution is 5.95. The summed E-state index contributed by atoms with van der Waals surface area (Å²) >= 11 is 0. The maximum atomic E-state index is 12.5. The van der Waals surface area contributed by atoms with Gasteiger partial charge in [-0.1, -0.05) is 48.0 Å². The van der Waals surface area contributed by atoms with E-state index in [1.165, 1.54) is 4.90 Å². The molecule has 2 rings (SSSR count). The lowest BCUT2D eigenvalue weighted by Gasteiger charge is -2.21. The highest BCUT2D eigenvalue weighted by atomic mass is 16.4. The minimum Gasteiger partial charge on any atom is -0.480 e. The highest BCUT2D eigenvalue weighted by Crippen LogP contribution is 2.09. The largest absolute Gasteiger partial charge is 0.480 e. The van der Waals surface area contributed by atoms with Crippen LogP contribution in [0.2, 0.25) is 0 Å². The maximum absolute atomic E-state index is 12.5. The van der Waals surface area contributed by atoms with Gasteiger partial charge in [-0.3, -0.25) is 9.59 Å². The number of rotatable bonds is 6. The van der Waals surface area contributed by atoms with Crippen molar-refractivity contribution in [3.8, 4) is 0 Å². The van der Waals surface area contributed by atoms with Crippen molar-refractivity contribution in [1.82, 2.24) is 4.90 Å². The number of aliphatic carboxylic acids is 1. The number of carboxylic acids is 1. The Morgan fingerprint density at radius 2 is 1.64 bits per heavy atom. The molecule has 0 bridgehead atoms. The number of benzene rings is 2. The topological polar surface area (TPSA) is 57.6 Å². The van der Waals surface area contributed by atoms with Crippen LogP contribution in [0, 0.1) is 6.92 Å². The summed E-state index contributed by atoms with van der Waals surface area (Å²) in [5.74, 6) is -1.26. The second-order valence-electron chi connectivity index (χ2n) is 5.22. The van der Waals surface area contributed by atoms with Gasteiger partial charge in [0.05, 0.1) is 0 Å². The summed E-state index contributed by atoms with van der Waals surface area (Å²) in [6.07, 6.45) is 0.631. The molecule has 0 unspecified atom stereocenters. The SMILES string of the molecule is Cc1ccc(C(=O)N(CCc2ccccc2)CC(=O)O)cc1. The number of aryl methyl sites for hydroxylation is 1. The molecule has 1 amide bonds. The zero-order valence-electron chi connectivity index (χ0n) is 12.5. The van der Waals surface area contributed by atoms with Crippen molar-refractivity contribution in [2.24, 2.45) is 0 Å². The standard InChI is InChI=1S/C18H19NO3/c1-14-7-9-16(10-8-14)18(22)19(13-17(20)21)12-11-15-5-3-2-4-6-15/h2-10H,11-13H2,1H3,(H,20,21). The van der Waals surface area contributed by atoms with Crippen molar-refractivity contribution in [2.45, 2.75) is 13.3 Å². The Kier molecular flexibility index (Phi) is 5.31. The molecule has 0 saturated carbocycles. The minimum absolute atomic E-state index is 0.252. The van der Waals surface area contributed by atoms with E-state index >= 15 is 0 Å². The number of carbonyl (C=O) groups is 2. The Morgan fingerprint density at radius 3 is 2.23 bits per heavy atom. The minimum atomic E-state index is -1.01. The zero-order valence-corrected chi connectivity index (χ0v) is 12.5. The molecule has 22 heavy (non-hydrogen) atoms. The van der Waals surface area contributed by atoms with E-state index < -0.39 is 5.97 Å². The zero-order chi connectivity index (χ0) is 15.9. The molecule has 0 radical (unpaired) electrons. The second-order valence-corrected chi connectivity index (χ2v) is 5.22. The molecule has 114 valence electrons. The Labute approximate surface area is 130 Å². The Hall–Kier alpha value is -2.62. The molecule has 0 saturated heterocycles. The van der Waals surface area contributed by atoms with Crippen LogP contribution in [0.4, 0.5) is 0 Å². The third-order valence-corrected chi connectivity index (χ3v) is 3.43. The van der Waals surface area contributed by atoms with Crippen molar-refractivity contribution in [2.75, 3.05) is 13.1 Å². The first kappa shape index (κ1) is 15.8. The van der Waals surface area contributed by atoms with Gasteiger partial charge in [0.15, 0.2) is 0 Å². The summed E-state index contributed by atoms with van der Waals surface area (Å²) in [5.41, 5.74) is 2.65. The molecule has 0 atom stereocenters. The van der Waals surface area contributed by atoms with Crippen LogP contribution >= 0.6 is 0 Å². The molecule has 2 aromatic carbocycles. The van der Waals surface area contributed by atoms with Crippen LogP contribution in [0.5, 0.6) is 0 Å². The number of amides is 1. The van der Waals surface area contributed by atoms with Gasteiger partial charge in [0, 0.05) is 12.1 Å². The predicted molar refractivity (Wildman–Crippen MR) is 84.9 cm³/mol. The fourth-order valence-electron chi connectivity index (χ4n) is 2.20. The van der Waals surface area contributed by atoms with Gasteiger partial charge in [-0.25, -0.2) is 0 Å². The van der Waals surface area contributed by atoms with Gasteiger partial charge >= 0.3 is 5.97 Å². The molecule has 4 nitrogen and oxygen atoms in total. The van der Waals surface area contributed by atoms with Crippen molar-refractivity contribution in [3.63, 3.8) is 0 Å². The molecule has 0 aromatic heterocycles. The van der Waals surface area contributed by atoms with Gasteiger partial charge in [0.25, 0.3) is 5.91 Å². The molecule has 0 aliphatic carbocycles. The molecule has 1 N–H and O–H groups in total. The van der Waals surface area contributed by atoms with E-state index in [1.807, 2.05) is 49.4 Å². The van der Waals surface area contributed by atoms with Crippen LogP contribution in [0.25, 0.3) is 0 Å². The first-order valence-corrected chi connectivity index (χ1v) is 7.18. The van der Waals surface area contributed by atoms with Gasteiger partial charge in [-0.15, -0.1) is 0 Å². The summed E-state index contributed by atoms with van der Waals surface area (Å²) < 4.78 is 0. The van der Waals surface area contributed by atoms with Crippen molar-refractivity contribution >= 4 is 11.9 Å². The normalized spacial score (nSPS) is 10.2. The molecule has 4 heteroatoms. The van der Waals surface area contributed by atoms with Crippen LogP contribution in [0.3, 0.4) is 0 Å². The fraction of sp³-hybridized carbons (Fsp3) is 0.222. The lowest BCUT2D eigenvalue weighted by atomic mass is 10.1. The summed E-state index contributed by atoms with van der Waals surface area (Å²) in [7, 11) is 0. The van der Waals surface area contributed by atoms with Gasteiger partial charge in [0.1, 0.15) is 6.54 Å². The summed E-state index contributed by atoms with van der Waals surface area (Å²) in [6.45, 7) is 2.03. The number of hydrogen-bond acceptors (Lipinski definition) is 2. The average molecular weight is 297 g/mol. The van der Waals surface area contributed by atoms with E-state index in [1.54, 1.807) is 12.1 Å². The number of nitrogens with zero attached hydrogens (tertiary/aromatic N) is 1. The molecule has 0 aliphatic rings. The first-order chi connectivity index (χ1) is 10.6. The molecular weight excluding hydrogens is 278 g/mol. The van der Waals surface area contributed by atoms with Gasteiger partial charge in [-0.05, 0) is 31.0 Å². The molecule has 0 spiro atoms. The Bertz CT molecular complexity index is 635. The average Bonchev–Trinajstić information content (AvgIpc) is 2.52. The van der Waals surface area contributed by atoms with Gasteiger partial charge in [-0.2, -0.15) is 0 Å². The molecule has 0 aliphatic heterocycles. The lowest BCUT2D eigenvalue weighted by Crippen LogP contribution is -2.37. The van der Waals surface area contributed by atoms with Crippen molar-refractivity contribution in [3.05, 3.63) is 71.3 Å². The molecule has 0 heterocycles. The van der Waals surface area contributed by atoms with Crippen LogP contribution < -0.4 is 0 Å². The van der Waals surface area contributed by atoms with E-state index in [9.17, 15) is 9.59 Å². The number of carbonyl (C=O) groups excluding carboxylic acids is 1. The highest BCUT2D eigenvalue weighted by Gasteiger charge is 2.18. The predicted octanol–water partition coefficient (Wildman–Crippen LogP) is 2.76. The van der Waals surface area contributed by atoms with Gasteiger partial charge < -0.3 is 10.0 Å². The number of hydrogen-bond donors (Lipinski definition) is 1. The van der Waals surface area contributed by atoms with Crippen molar-refractivity contribution in [1.29, 1.82) is 0 Å². The number of carboxylic acid groups (broad SMARTS) is 1. The van der Waals surface area contributed by atoms with Crippen LogP contribution in [0.1, 0.15) is 21.5 Å². The third kappa shape index (κ3) is 4.45. The first-order valence-electron chi connectivity index (χ1n) is 7.18. The Balaban J connectivity index is 2.09. The quantitative estimate of drug-likeness (QED) is 0.892. The summed E-state index contributed by atoms with van der Waals surface area (Å²) in [6, 6.07) is 16.9. The van der Waals surface area contributed by atoms with Crippen LogP contribution in [-0.2, 0) is 11.2 Å². The molecule has 2 aromatic rings. The van der Waals surface area contributed by atoms with Crippen LogP contribution in [0.15, 0.2) is 54.6 Å². The van der Waals surface area contributed by atoms with Crippen molar-refractivity contribution < 1.29 is 14.7 Å². The lowest BCUT2D eigenvalue weighted by molar-refractivity contribution is -0.137. The third-order valence-electron chi connectivity index (χ3n) is 3.43. The van der Waals surface area contributed by atoms with Crippen LogP contribution in [-0.4, -0.2) is 35.0 Å². The fourth-order valence-corrected chi connectivity index (χ4v) is 2.20. The summed E-state index contributed by atoms with van der Waals surface area (Å²) in [4.78, 5) is 24.9. The van der Waals surface area contributed by atoms with E-state index in [-0.39, 0.29) is 12.5 Å². The van der Waals surface area contributed by atoms with E-state index in [4.69, 9.17) is 5.11 Å². The van der Waals surface area contributed by atoms with E-state index in [2.05, 4.69) is 0 Å². The molecular formula is C18H19NO3. The van der Waals surface area contributed by atoms with E-state index in [0.29, 0.717) is 18.5 Å². The Morgan fingerprint density at radius 1 is 1.00 bits per heavy atom.